The summed E-state index contributed by atoms with van der Waals surface area (Å²) in [4.78, 5) is 0. The average molecular weight is 283 g/mol. The van der Waals surface area contributed by atoms with Gasteiger partial charge in [0.1, 0.15) is 5.75 Å². The molecular formula is C14H21NO3S. The van der Waals surface area contributed by atoms with E-state index in [1.807, 2.05) is 12.1 Å². The molecule has 1 aromatic rings. The third-order valence-corrected chi connectivity index (χ3v) is 5.42. The van der Waals surface area contributed by atoms with Crippen LogP contribution in [0.5, 0.6) is 5.75 Å². The molecule has 0 bridgehead atoms. The first kappa shape index (κ1) is 14.3. The van der Waals surface area contributed by atoms with Gasteiger partial charge >= 0.3 is 0 Å². The van der Waals surface area contributed by atoms with Crippen LogP contribution < -0.4 is 5.32 Å². The molecule has 1 saturated heterocycles. The Labute approximate surface area is 114 Å². The third kappa shape index (κ3) is 3.94. The van der Waals surface area contributed by atoms with E-state index in [1.165, 1.54) is 0 Å². The molecule has 0 aromatic heterocycles. The Morgan fingerprint density at radius 1 is 1.37 bits per heavy atom. The summed E-state index contributed by atoms with van der Waals surface area (Å²) in [5.74, 6) is 0.807. The summed E-state index contributed by atoms with van der Waals surface area (Å²) in [7, 11) is -2.88. The number of aromatic hydroxyl groups is 1. The summed E-state index contributed by atoms with van der Waals surface area (Å²) in [5.41, 5.74) is 1.09. The van der Waals surface area contributed by atoms with E-state index in [1.54, 1.807) is 12.1 Å². The van der Waals surface area contributed by atoms with Gasteiger partial charge in [0.2, 0.25) is 0 Å². The number of phenolic OH excluding ortho intramolecular Hbond substituents is 1. The molecule has 1 heterocycles. The number of phenols is 1. The second-order valence-electron chi connectivity index (χ2n) is 5.17. The summed E-state index contributed by atoms with van der Waals surface area (Å²) in [5, 5.41) is 12.7. The molecule has 1 fully saturated rings. The maximum Gasteiger partial charge on any atom is 0.151 e. The monoisotopic (exact) mass is 283 g/mol. The smallest absolute Gasteiger partial charge is 0.151 e. The lowest BCUT2D eigenvalue weighted by Crippen LogP contribution is -2.41. The second kappa shape index (κ2) is 5.92. The summed E-state index contributed by atoms with van der Waals surface area (Å²) < 4.78 is 23.3. The number of sulfone groups is 1. The topological polar surface area (TPSA) is 66.4 Å². The lowest BCUT2D eigenvalue weighted by molar-refractivity contribution is 0.413. The standard InChI is InChI=1S/C14H21NO3S/c1-2-14(11-5-7-13(16)8-6-11)15-12-4-3-9-19(17,18)10-12/h5-8,12,14-16H,2-4,9-10H2,1H3. The van der Waals surface area contributed by atoms with Gasteiger partial charge in [-0.15, -0.1) is 0 Å². The summed E-state index contributed by atoms with van der Waals surface area (Å²) >= 11 is 0. The molecule has 1 aliphatic rings. The van der Waals surface area contributed by atoms with E-state index in [9.17, 15) is 13.5 Å². The maximum atomic E-state index is 11.6. The third-order valence-electron chi connectivity index (χ3n) is 3.60. The normalized spacial score (nSPS) is 23.9. The van der Waals surface area contributed by atoms with Crippen LogP contribution in [0.3, 0.4) is 0 Å². The largest absolute Gasteiger partial charge is 0.508 e. The SMILES string of the molecule is CCC(NC1CCCS(=O)(=O)C1)c1ccc(O)cc1. The highest BCUT2D eigenvalue weighted by Gasteiger charge is 2.26. The van der Waals surface area contributed by atoms with Gasteiger partial charge in [-0.3, -0.25) is 0 Å². The molecule has 2 rings (SSSR count). The molecule has 1 aliphatic heterocycles. The number of hydrogen-bond acceptors (Lipinski definition) is 4. The van der Waals surface area contributed by atoms with Crippen molar-refractivity contribution in [1.29, 1.82) is 0 Å². The molecule has 2 N–H and O–H groups in total. The van der Waals surface area contributed by atoms with E-state index >= 15 is 0 Å². The fourth-order valence-corrected chi connectivity index (χ4v) is 4.24. The molecule has 1 aromatic carbocycles. The Morgan fingerprint density at radius 2 is 2.05 bits per heavy atom. The molecular weight excluding hydrogens is 262 g/mol. The fraction of sp³-hybridized carbons (Fsp3) is 0.571. The van der Waals surface area contributed by atoms with Crippen LogP contribution in [0.1, 0.15) is 37.8 Å². The molecule has 0 spiro atoms. The van der Waals surface area contributed by atoms with E-state index in [-0.39, 0.29) is 23.6 Å². The van der Waals surface area contributed by atoms with E-state index in [0.29, 0.717) is 5.75 Å². The van der Waals surface area contributed by atoms with E-state index in [0.717, 1.165) is 24.8 Å². The van der Waals surface area contributed by atoms with E-state index in [4.69, 9.17) is 0 Å². The predicted molar refractivity (Wildman–Crippen MR) is 76.0 cm³/mol. The molecule has 0 saturated carbocycles. The molecule has 106 valence electrons. The van der Waals surface area contributed by atoms with Crippen molar-refractivity contribution < 1.29 is 13.5 Å². The van der Waals surface area contributed by atoms with Gasteiger partial charge in [-0.05, 0) is 37.0 Å². The first-order valence-corrected chi connectivity index (χ1v) is 8.57. The molecule has 0 radical (unpaired) electrons. The number of rotatable bonds is 4. The Hall–Kier alpha value is -1.07. The zero-order chi connectivity index (χ0) is 13.9. The van der Waals surface area contributed by atoms with Crippen LogP contribution in [0.4, 0.5) is 0 Å². The predicted octanol–water partition coefficient (Wildman–Crippen LogP) is 2.01. The Kier molecular flexibility index (Phi) is 4.47. The Bertz CT molecular complexity index is 510. The van der Waals surface area contributed by atoms with Crippen molar-refractivity contribution in [2.24, 2.45) is 0 Å². The lowest BCUT2D eigenvalue weighted by Gasteiger charge is -2.28. The quantitative estimate of drug-likeness (QED) is 0.887. The average Bonchev–Trinajstić information content (AvgIpc) is 2.36. The molecule has 4 nitrogen and oxygen atoms in total. The highest BCUT2D eigenvalue weighted by atomic mass is 32.2. The van der Waals surface area contributed by atoms with E-state index < -0.39 is 9.84 Å². The zero-order valence-corrected chi connectivity index (χ0v) is 12.0. The Morgan fingerprint density at radius 3 is 2.63 bits per heavy atom. The Balaban J connectivity index is 2.05. The van der Waals surface area contributed by atoms with Crippen molar-refractivity contribution >= 4 is 9.84 Å². The summed E-state index contributed by atoms with van der Waals surface area (Å²) in [6.45, 7) is 2.07. The molecule has 2 atom stereocenters. The van der Waals surface area contributed by atoms with Crippen molar-refractivity contribution in [3.8, 4) is 5.75 Å². The molecule has 5 heteroatoms. The van der Waals surface area contributed by atoms with Crippen molar-refractivity contribution in [3.63, 3.8) is 0 Å². The number of hydrogen-bond donors (Lipinski definition) is 2. The van der Waals surface area contributed by atoms with Gasteiger partial charge in [-0.2, -0.15) is 0 Å². The van der Waals surface area contributed by atoms with Gasteiger partial charge in [0, 0.05) is 12.1 Å². The first-order valence-electron chi connectivity index (χ1n) is 6.75. The van der Waals surface area contributed by atoms with Crippen molar-refractivity contribution in [1.82, 2.24) is 5.32 Å². The molecule has 2 unspecified atom stereocenters. The van der Waals surface area contributed by atoms with Crippen LogP contribution in [0.2, 0.25) is 0 Å². The van der Waals surface area contributed by atoms with Crippen LogP contribution in [0, 0.1) is 0 Å². The lowest BCUT2D eigenvalue weighted by atomic mass is 10.0. The van der Waals surface area contributed by atoms with Gasteiger partial charge in [0.25, 0.3) is 0 Å². The molecule has 0 amide bonds. The van der Waals surface area contributed by atoms with Gasteiger partial charge in [-0.1, -0.05) is 19.1 Å². The zero-order valence-electron chi connectivity index (χ0n) is 11.2. The van der Waals surface area contributed by atoms with E-state index in [2.05, 4.69) is 12.2 Å². The van der Waals surface area contributed by atoms with Crippen LogP contribution >= 0.6 is 0 Å². The van der Waals surface area contributed by atoms with Crippen molar-refractivity contribution in [2.45, 2.75) is 38.3 Å². The van der Waals surface area contributed by atoms with Gasteiger partial charge < -0.3 is 10.4 Å². The second-order valence-corrected chi connectivity index (χ2v) is 7.40. The fourth-order valence-electron chi connectivity index (χ4n) is 2.60. The minimum atomic E-state index is -2.88. The maximum absolute atomic E-state index is 11.6. The summed E-state index contributed by atoms with van der Waals surface area (Å²) in [6.07, 6.45) is 2.54. The highest BCUT2D eigenvalue weighted by Crippen LogP contribution is 2.22. The molecule has 0 aliphatic carbocycles. The van der Waals surface area contributed by atoms with Crippen molar-refractivity contribution in [3.05, 3.63) is 29.8 Å². The first-order chi connectivity index (χ1) is 9.00. The van der Waals surface area contributed by atoms with Gasteiger partial charge in [0.15, 0.2) is 9.84 Å². The summed E-state index contributed by atoms with van der Waals surface area (Å²) in [6, 6.07) is 7.27. The minimum absolute atomic E-state index is 0.0394. The minimum Gasteiger partial charge on any atom is -0.508 e. The van der Waals surface area contributed by atoms with Gasteiger partial charge in [-0.25, -0.2) is 8.42 Å². The number of benzene rings is 1. The van der Waals surface area contributed by atoms with Crippen LogP contribution in [-0.2, 0) is 9.84 Å². The molecule has 19 heavy (non-hydrogen) atoms. The van der Waals surface area contributed by atoms with Crippen LogP contribution in [0.25, 0.3) is 0 Å². The number of nitrogens with one attached hydrogen (secondary N) is 1. The van der Waals surface area contributed by atoms with Crippen LogP contribution in [0.15, 0.2) is 24.3 Å². The van der Waals surface area contributed by atoms with Crippen LogP contribution in [-0.4, -0.2) is 31.1 Å². The highest BCUT2D eigenvalue weighted by molar-refractivity contribution is 7.91. The van der Waals surface area contributed by atoms with Gasteiger partial charge in [0.05, 0.1) is 11.5 Å². The van der Waals surface area contributed by atoms with Crippen molar-refractivity contribution in [2.75, 3.05) is 11.5 Å².